The maximum absolute atomic E-state index is 13.2. The van der Waals surface area contributed by atoms with Crippen molar-refractivity contribution in [3.8, 4) is 0 Å². The minimum Gasteiger partial charge on any atom is -0.348 e. The second kappa shape index (κ2) is 8.80. The molecule has 2 heterocycles. The quantitative estimate of drug-likeness (QED) is 0.653. The summed E-state index contributed by atoms with van der Waals surface area (Å²) in [6.07, 6.45) is 2.43. The number of fused-ring (bicyclic) bond motifs is 1. The summed E-state index contributed by atoms with van der Waals surface area (Å²) in [6.45, 7) is 7.53. The molecule has 160 valence electrons. The summed E-state index contributed by atoms with van der Waals surface area (Å²) in [7, 11) is 0. The number of nitrogens with zero attached hydrogens (tertiary/aromatic N) is 2. The van der Waals surface area contributed by atoms with E-state index in [4.69, 9.17) is 0 Å². The predicted octanol–water partition coefficient (Wildman–Crippen LogP) is 4.76. The summed E-state index contributed by atoms with van der Waals surface area (Å²) in [4.78, 5) is 27.5. The number of hydrogen-bond donors (Lipinski definition) is 1. The molecule has 5 nitrogen and oxygen atoms in total. The van der Waals surface area contributed by atoms with Crippen molar-refractivity contribution in [2.24, 2.45) is 0 Å². The Morgan fingerprint density at radius 3 is 2.45 bits per heavy atom. The molecule has 1 N–H and O–H groups in total. The third-order valence-corrected chi connectivity index (χ3v) is 6.11. The van der Waals surface area contributed by atoms with Crippen molar-refractivity contribution >= 4 is 17.5 Å². The van der Waals surface area contributed by atoms with Gasteiger partial charge in [-0.1, -0.05) is 35.9 Å². The highest BCUT2D eigenvalue weighted by Gasteiger charge is 2.32. The van der Waals surface area contributed by atoms with Crippen LogP contribution in [0, 0.1) is 20.8 Å². The van der Waals surface area contributed by atoms with E-state index >= 15 is 0 Å². The third-order valence-electron chi connectivity index (χ3n) is 6.11. The molecule has 2 amide bonds. The number of rotatable bonds is 5. The molecule has 0 fully saturated rings. The Morgan fingerprint density at radius 2 is 1.71 bits per heavy atom. The number of hydrogen-bond acceptors (Lipinski definition) is 2. The Bertz CT molecular complexity index is 1100. The van der Waals surface area contributed by atoms with Gasteiger partial charge in [0.25, 0.3) is 0 Å². The van der Waals surface area contributed by atoms with Crippen molar-refractivity contribution < 1.29 is 9.59 Å². The van der Waals surface area contributed by atoms with Gasteiger partial charge < -0.3 is 14.8 Å². The molecule has 0 saturated carbocycles. The highest BCUT2D eigenvalue weighted by Crippen LogP contribution is 2.33. The first-order chi connectivity index (χ1) is 14.9. The maximum Gasteiger partial charge on any atom is 0.224 e. The normalized spacial score (nSPS) is 15.5. The number of amides is 2. The number of carbonyl (C=O) groups is 2. The highest BCUT2D eigenvalue weighted by molar-refractivity contribution is 5.93. The Balaban J connectivity index is 1.45. The van der Waals surface area contributed by atoms with E-state index in [9.17, 15) is 9.59 Å². The van der Waals surface area contributed by atoms with Crippen molar-refractivity contribution in [2.45, 2.75) is 46.2 Å². The largest absolute Gasteiger partial charge is 0.348 e. The number of anilines is 1. The van der Waals surface area contributed by atoms with Crippen LogP contribution in [0.4, 0.5) is 5.69 Å². The van der Waals surface area contributed by atoms with Crippen LogP contribution >= 0.6 is 0 Å². The van der Waals surface area contributed by atoms with Crippen LogP contribution in [0.2, 0.25) is 0 Å². The molecule has 1 aromatic heterocycles. The number of carbonyl (C=O) groups excluding carboxylic acids is 2. The summed E-state index contributed by atoms with van der Waals surface area (Å²) < 4.78 is 2.21. The van der Waals surface area contributed by atoms with E-state index in [1.807, 2.05) is 43.0 Å². The molecule has 0 aliphatic carbocycles. The second-order valence-electron chi connectivity index (χ2n) is 8.37. The average Bonchev–Trinajstić information content (AvgIpc) is 3.23. The van der Waals surface area contributed by atoms with E-state index in [-0.39, 0.29) is 30.7 Å². The van der Waals surface area contributed by atoms with E-state index in [1.54, 1.807) is 0 Å². The molecule has 4 rings (SSSR count). The van der Waals surface area contributed by atoms with Gasteiger partial charge in [-0.3, -0.25) is 9.59 Å². The minimum absolute atomic E-state index is 0.00765. The van der Waals surface area contributed by atoms with Gasteiger partial charge in [-0.15, -0.1) is 0 Å². The summed E-state index contributed by atoms with van der Waals surface area (Å²) in [5.74, 6) is -0.128. The Morgan fingerprint density at radius 1 is 0.935 bits per heavy atom. The van der Waals surface area contributed by atoms with Crippen LogP contribution in [0.3, 0.4) is 0 Å². The summed E-state index contributed by atoms with van der Waals surface area (Å²) in [6, 6.07) is 18.2. The lowest BCUT2D eigenvalue weighted by molar-refractivity contribution is -0.135. The lowest BCUT2D eigenvalue weighted by atomic mass is 9.98. The fraction of sp³-hybridized carbons (Fsp3) is 0.308. The van der Waals surface area contributed by atoms with Gasteiger partial charge in [0, 0.05) is 43.5 Å². The van der Waals surface area contributed by atoms with Crippen molar-refractivity contribution in [3.05, 3.63) is 88.7 Å². The Hall–Kier alpha value is -3.34. The van der Waals surface area contributed by atoms with Crippen molar-refractivity contribution in [2.75, 3.05) is 11.9 Å². The van der Waals surface area contributed by atoms with E-state index in [1.165, 1.54) is 11.1 Å². The number of nitrogens with one attached hydrogen (secondary N) is 1. The molecular formula is C26H29N3O2. The molecule has 0 saturated heterocycles. The zero-order valence-electron chi connectivity index (χ0n) is 18.4. The fourth-order valence-electron chi connectivity index (χ4n) is 4.16. The summed E-state index contributed by atoms with van der Waals surface area (Å²) in [5, 5.41) is 2.92. The number of benzene rings is 2. The van der Waals surface area contributed by atoms with Gasteiger partial charge in [-0.25, -0.2) is 0 Å². The molecule has 3 aromatic rings. The van der Waals surface area contributed by atoms with Crippen LogP contribution in [0.25, 0.3) is 0 Å². The third kappa shape index (κ3) is 4.55. The van der Waals surface area contributed by atoms with Crippen LogP contribution < -0.4 is 5.32 Å². The van der Waals surface area contributed by atoms with Gasteiger partial charge in [0.2, 0.25) is 11.8 Å². The predicted molar refractivity (Wildman–Crippen MR) is 123 cm³/mol. The smallest absolute Gasteiger partial charge is 0.224 e. The molecule has 0 spiro atoms. The van der Waals surface area contributed by atoms with Crippen LogP contribution in [-0.4, -0.2) is 27.8 Å². The first kappa shape index (κ1) is 20.9. The lowest BCUT2D eigenvalue weighted by Gasteiger charge is -2.37. The zero-order valence-corrected chi connectivity index (χ0v) is 18.4. The highest BCUT2D eigenvalue weighted by atomic mass is 16.2. The molecule has 1 aliphatic heterocycles. The SMILES string of the molecule is Cc1ccc([C@H]2c3cccn3CCN2C(=O)CCC(=O)Nc2ccc(C)c(C)c2)cc1. The molecule has 1 atom stereocenters. The molecule has 1 aliphatic rings. The lowest BCUT2D eigenvalue weighted by Crippen LogP contribution is -2.42. The minimum atomic E-state index is -0.135. The van der Waals surface area contributed by atoms with Crippen LogP contribution in [0.1, 0.15) is 46.8 Å². The van der Waals surface area contributed by atoms with Crippen LogP contribution in [-0.2, 0) is 16.1 Å². The van der Waals surface area contributed by atoms with Gasteiger partial charge in [0.05, 0.1) is 6.04 Å². The average molecular weight is 416 g/mol. The Labute approximate surface area is 183 Å². The van der Waals surface area contributed by atoms with Crippen molar-refractivity contribution in [3.63, 3.8) is 0 Å². The summed E-state index contributed by atoms with van der Waals surface area (Å²) >= 11 is 0. The first-order valence-corrected chi connectivity index (χ1v) is 10.8. The van der Waals surface area contributed by atoms with Gasteiger partial charge in [-0.2, -0.15) is 0 Å². The van der Waals surface area contributed by atoms with Crippen LogP contribution in [0.15, 0.2) is 60.8 Å². The zero-order chi connectivity index (χ0) is 22.0. The monoisotopic (exact) mass is 415 g/mol. The van der Waals surface area contributed by atoms with E-state index in [0.717, 1.165) is 29.1 Å². The van der Waals surface area contributed by atoms with E-state index in [2.05, 4.69) is 53.3 Å². The second-order valence-corrected chi connectivity index (χ2v) is 8.37. The van der Waals surface area contributed by atoms with Gasteiger partial charge in [0.1, 0.15) is 0 Å². The molecule has 2 aromatic carbocycles. The van der Waals surface area contributed by atoms with Crippen molar-refractivity contribution in [1.82, 2.24) is 9.47 Å². The number of aromatic nitrogens is 1. The topological polar surface area (TPSA) is 54.3 Å². The molecule has 31 heavy (non-hydrogen) atoms. The Kier molecular flexibility index (Phi) is 5.94. The standard InChI is InChI=1S/C26H29N3O2/c1-18-6-9-21(10-7-18)26-23-5-4-14-28(23)15-16-29(26)25(31)13-12-24(30)27-22-11-8-19(2)20(3)17-22/h4-11,14,17,26H,12-13,15-16H2,1-3H3,(H,27,30)/t26-/m0/s1. The maximum atomic E-state index is 13.2. The fourth-order valence-corrected chi connectivity index (χ4v) is 4.16. The van der Waals surface area contributed by atoms with Gasteiger partial charge in [-0.05, 0) is 61.7 Å². The summed E-state index contributed by atoms with van der Waals surface area (Å²) in [5.41, 5.74) is 6.49. The van der Waals surface area contributed by atoms with Gasteiger partial charge in [0.15, 0.2) is 0 Å². The van der Waals surface area contributed by atoms with Gasteiger partial charge >= 0.3 is 0 Å². The molecule has 0 bridgehead atoms. The molecule has 5 heteroatoms. The first-order valence-electron chi connectivity index (χ1n) is 10.8. The van der Waals surface area contributed by atoms with E-state index < -0.39 is 0 Å². The number of aryl methyl sites for hydroxylation is 3. The van der Waals surface area contributed by atoms with E-state index in [0.29, 0.717) is 6.54 Å². The molecular weight excluding hydrogens is 386 g/mol. The van der Waals surface area contributed by atoms with Crippen molar-refractivity contribution in [1.29, 1.82) is 0 Å². The molecule has 0 unspecified atom stereocenters. The van der Waals surface area contributed by atoms with Crippen LogP contribution in [0.5, 0.6) is 0 Å². The molecule has 0 radical (unpaired) electrons.